The van der Waals surface area contributed by atoms with E-state index < -0.39 is 6.10 Å². The van der Waals surface area contributed by atoms with E-state index in [-0.39, 0.29) is 17.8 Å². The molecule has 0 radical (unpaired) electrons. The number of aliphatic hydroxyl groups is 1. The fourth-order valence-corrected chi connectivity index (χ4v) is 3.02. The van der Waals surface area contributed by atoms with Crippen molar-refractivity contribution in [1.82, 2.24) is 10.2 Å². The zero-order chi connectivity index (χ0) is 15.5. The average molecular weight is 306 g/mol. The molecule has 2 amide bonds. The first-order chi connectivity index (χ1) is 10.6. The van der Waals surface area contributed by atoms with Gasteiger partial charge < -0.3 is 15.3 Å². The first-order valence-electron chi connectivity index (χ1n) is 8.10. The molecule has 0 spiro atoms. The minimum absolute atomic E-state index is 0.0154. The lowest BCUT2D eigenvalue weighted by molar-refractivity contribution is 0.0665. The quantitative estimate of drug-likeness (QED) is 0.898. The third kappa shape index (κ3) is 3.77. The molecule has 22 heavy (non-hydrogen) atoms. The van der Waals surface area contributed by atoms with Gasteiger partial charge in [0.05, 0.1) is 6.10 Å². The number of amides is 2. The Labute approximate surface area is 130 Å². The fourth-order valence-electron chi connectivity index (χ4n) is 3.02. The van der Waals surface area contributed by atoms with Crippen molar-refractivity contribution in [3.63, 3.8) is 0 Å². The minimum atomic E-state index is -0.586. The first kappa shape index (κ1) is 15.3. The number of hydrogen-bond acceptors (Lipinski definition) is 2. The van der Waals surface area contributed by atoms with Crippen molar-refractivity contribution in [3.8, 4) is 0 Å². The summed E-state index contributed by atoms with van der Waals surface area (Å²) in [6, 6.07) is 6.03. The average Bonchev–Trinajstić information content (AvgIpc) is 3.37. The van der Waals surface area contributed by atoms with Gasteiger partial charge in [0.1, 0.15) is 5.82 Å². The highest BCUT2D eigenvalue weighted by atomic mass is 19.1. The third-order valence-corrected chi connectivity index (χ3v) is 4.72. The van der Waals surface area contributed by atoms with Gasteiger partial charge >= 0.3 is 6.03 Å². The van der Waals surface area contributed by atoms with Crippen LogP contribution in [0.3, 0.4) is 0 Å². The molecule has 2 fully saturated rings. The number of aliphatic hydroxyl groups excluding tert-OH is 1. The molecule has 1 aromatic rings. The van der Waals surface area contributed by atoms with E-state index in [1.165, 1.54) is 25.0 Å². The number of nitrogens with zero attached hydrogens (tertiary/aromatic N) is 1. The van der Waals surface area contributed by atoms with Crippen LogP contribution in [0.5, 0.6) is 0 Å². The summed E-state index contributed by atoms with van der Waals surface area (Å²) in [6.07, 6.45) is 3.42. The molecule has 1 saturated carbocycles. The molecule has 120 valence electrons. The zero-order valence-corrected chi connectivity index (χ0v) is 12.7. The lowest BCUT2D eigenvalue weighted by Gasteiger charge is -2.34. The number of halogens is 1. The van der Waals surface area contributed by atoms with Crippen LogP contribution in [0.15, 0.2) is 24.3 Å². The van der Waals surface area contributed by atoms with E-state index in [2.05, 4.69) is 5.32 Å². The van der Waals surface area contributed by atoms with Crippen LogP contribution in [0, 0.1) is 17.7 Å². The van der Waals surface area contributed by atoms with E-state index >= 15 is 0 Å². The Bertz CT molecular complexity index is 508. The van der Waals surface area contributed by atoms with Gasteiger partial charge in [-0.2, -0.15) is 0 Å². The van der Waals surface area contributed by atoms with Crippen LogP contribution in [-0.4, -0.2) is 35.7 Å². The summed E-state index contributed by atoms with van der Waals surface area (Å²) in [6.45, 7) is 2.12. The molecule has 1 heterocycles. The molecular weight excluding hydrogens is 283 g/mol. The van der Waals surface area contributed by atoms with Crippen LogP contribution in [0.4, 0.5) is 9.18 Å². The lowest BCUT2D eigenvalue weighted by Crippen LogP contribution is -2.45. The molecule has 1 atom stereocenters. The Kier molecular flexibility index (Phi) is 4.62. The summed E-state index contributed by atoms with van der Waals surface area (Å²) in [4.78, 5) is 13.9. The Morgan fingerprint density at radius 2 is 1.86 bits per heavy atom. The summed E-state index contributed by atoms with van der Waals surface area (Å²) >= 11 is 0. The summed E-state index contributed by atoms with van der Waals surface area (Å²) in [7, 11) is 0. The van der Waals surface area contributed by atoms with Gasteiger partial charge in [0.2, 0.25) is 0 Å². The van der Waals surface area contributed by atoms with Gasteiger partial charge in [0, 0.05) is 19.6 Å². The van der Waals surface area contributed by atoms with E-state index in [0.717, 1.165) is 24.9 Å². The Morgan fingerprint density at radius 1 is 1.23 bits per heavy atom. The second-order valence-corrected chi connectivity index (χ2v) is 6.45. The molecule has 2 N–H and O–H groups in total. The van der Waals surface area contributed by atoms with Crippen LogP contribution in [0.2, 0.25) is 0 Å². The van der Waals surface area contributed by atoms with Crippen molar-refractivity contribution in [2.75, 3.05) is 19.6 Å². The molecule has 1 saturated heterocycles. The zero-order valence-electron chi connectivity index (χ0n) is 12.7. The Hall–Kier alpha value is -1.62. The summed E-state index contributed by atoms with van der Waals surface area (Å²) in [5, 5.41) is 13.4. The fraction of sp³-hybridized carbons (Fsp3) is 0.588. The van der Waals surface area contributed by atoms with Gasteiger partial charge in [0.25, 0.3) is 0 Å². The van der Waals surface area contributed by atoms with Crippen LogP contribution < -0.4 is 5.32 Å². The molecule has 1 aliphatic carbocycles. The topological polar surface area (TPSA) is 52.6 Å². The number of likely N-dealkylation sites (tertiary alicyclic amines) is 1. The maximum absolute atomic E-state index is 12.9. The largest absolute Gasteiger partial charge is 0.388 e. The standard InChI is InChI=1S/C17H23FN2O2/c18-15-5-3-13(4-6-15)16(21)14-7-9-20(10-8-14)17(22)19-11-12-1-2-12/h3-6,12,14,16,21H,1-2,7-11H2,(H,19,22). The van der Waals surface area contributed by atoms with E-state index in [4.69, 9.17) is 0 Å². The molecule has 1 aliphatic heterocycles. The van der Waals surface area contributed by atoms with Crippen molar-refractivity contribution in [3.05, 3.63) is 35.6 Å². The number of hydrogen-bond donors (Lipinski definition) is 2. The highest BCUT2D eigenvalue weighted by Gasteiger charge is 2.29. The predicted octanol–water partition coefficient (Wildman–Crippen LogP) is 2.69. The number of benzene rings is 1. The lowest BCUT2D eigenvalue weighted by atomic mass is 9.87. The molecule has 1 aromatic carbocycles. The number of urea groups is 1. The number of nitrogens with one attached hydrogen (secondary N) is 1. The molecule has 3 rings (SSSR count). The van der Waals surface area contributed by atoms with Gasteiger partial charge in [-0.25, -0.2) is 9.18 Å². The Morgan fingerprint density at radius 3 is 2.45 bits per heavy atom. The number of rotatable bonds is 4. The van der Waals surface area contributed by atoms with Crippen molar-refractivity contribution in [2.24, 2.45) is 11.8 Å². The van der Waals surface area contributed by atoms with Crippen molar-refractivity contribution in [2.45, 2.75) is 31.8 Å². The molecule has 2 aliphatic rings. The second kappa shape index (κ2) is 6.65. The number of carbonyl (C=O) groups excluding carboxylic acids is 1. The summed E-state index contributed by atoms with van der Waals surface area (Å²) < 4.78 is 12.9. The van der Waals surface area contributed by atoms with Gasteiger partial charge in [-0.15, -0.1) is 0 Å². The molecular formula is C17H23FN2O2. The number of piperidine rings is 1. The van der Waals surface area contributed by atoms with E-state index in [0.29, 0.717) is 19.0 Å². The molecule has 5 heteroatoms. The van der Waals surface area contributed by atoms with Crippen molar-refractivity contribution < 1.29 is 14.3 Å². The maximum Gasteiger partial charge on any atom is 0.317 e. The van der Waals surface area contributed by atoms with Gasteiger partial charge in [-0.3, -0.25) is 0 Å². The summed E-state index contributed by atoms with van der Waals surface area (Å²) in [5.74, 6) is 0.512. The van der Waals surface area contributed by atoms with Gasteiger partial charge in [0.15, 0.2) is 0 Å². The van der Waals surface area contributed by atoms with Crippen LogP contribution in [0.1, 0.15) is 37.4 Å². The predicted molar refractivity (Wildman–Crippen MR) is 81.8 cm³/mol. The molecule has 0 bridgehead atoms. The van der Waals surface area contributed by atoms with Gasteiger partial charge in [-0.1, -0.05) is 12.1 Å². The molecule has 4 nitrogen and oxygen atoms in total. The SMILES string of the molecule is O=C(NCC1CC1)N1CCC(C(O)c2ccc(F)cc2)CC1. The third-order valence-electron chi connectivity index (χ3n) is 4.72. The minimum Gasteiger partial charge on any atom is -0.388 e. The monoisotopic (exact) mass is 306 g/mol. The van der Waals surface area contributed by atoms with Gasteiger partial charge in [-0.05, 0) is 55.2 Å². The number of carbonyl (C=O) groups is 1. The maximum atomic E-state index is 12.9. The molecule has 0 aromatic heterocycles. The van der Waals surface area contributed by atoms with Crippen LogP contribution in [-0.2, 0) is 0 Å². The van der Waals surface area contributed by atoms with Crippen molar-refractivity contribution in [1.29, 1.82) is 0 Å². The molecule has 1 unspecified atom stereocenters. The first-order valence-corrected chi connectivity index (χ1v) is 8.10. The highest BCUT2D eigenvalue weighted by molar-refractivity contribution is 5.74. The summed E-state index contributed by atoms with van der Waals surface area (Å²) in [5.41, 5.74) is 0.748. The second-order valence-electron chi connectivity index (χ2n) is 6.45. The van der Waals surface area contributed by atoms with Crippen molar-refractivity contribution >= 4 is 6.03 Å². The normalized spacial score (nSPS) is 20.7. The van der Waals surface area contributed by atoms with Crippen LogP contribution >= 0.6 is 0 Å². The Balaban J connectivity index is 1.47. The van der Waals surface area contributed by atoms with E-state index in [9.17, 15) is 14.3 Å². The smallest absolute Gasteiger partial charge is 0.317 e. The van der Waals surface area contributed by atoms with Crippen LogP contribution in [0.25, 0.3) is 0 Å². The highest BCUT2D eigenvalue weighted by Crippen LogP contribution is 2.31. The van der Waals surface area contributed by atoms with E-state index in [1.54, 1.807) is 12.1 Å². The van der Waals surface area contributed by atoms with E-state index in [1.807, 2.05) is 4.90 Å².